The second-order valence-corrected chi connectivity index (χ2v) is 10.4. The third kappa shape index (κ3) is 6.00. The molecule has 0 saturated carbocycles. The largest absolute Gasteiger partial charge is 0.444 e. The van der Waals surface area contributed by atoms with Gasteiger partial charge in [0.1, 0.15) is 23.0 Å². The number of hydrogen-bond acceptors (Lipinski definition) is 9. The van der Waals surface area contributed by atoms with E-state index in [-0.39, 0.29) is 41.9 Å². The molecule has 1 aliphatic heterocycles. The Balaban J connectivity index is 1.51. The fourth-order valence-electron chi connectivity index (χ4n) is 3.92. The molecule has 1 atom stereocenters. The van der Waals surface area contributed by atoms with Gasteiger partial charge in [-0.25, -0.2) is 14.8 Å². The highest BCUT2D eigenvalue weighted by molar-refractivity contribution is 7.13. The van der Waals surface area contributed by atoms with Crippen LogP contribution >= 0.6 is 11.3 Å². The summed E-state index contributed by atoms with van der Waals surface area (Å²) in [6, 6.07) is 3.96. The predicted molar refractivity (Wildman–Crippen MR) is 136 cm³/mol. The summed E-state index contributed by atoms with van der Waals surface area (Å²) in [6.45, 7) is 6.84. The molecule has 4 amide bonds. The second-order valence-electron chi connectivity index (χ2n) is 9.50. The fourth-order valence-corrected chi connectivity index (χ4v) is 4.62. The quantitative estimate of drug-likeness (QED) is 0.428. The number of aromatic nitrogens is 3. The van der Waals surface area contributed by atoms with Gasteiger partial charge in [0.2, 0.25) is 17.7 Å². The maximum absolute atomic E-state index is 13.3. The van der Waals surface area contributed by atoms with Crippen LogP contribution in [-0.2, 0) is 25.5 Å². The Labute approximate surface area is 215 Å². The highest BCUT2D eigenvalue weighted by Crippen LogP contribution is 2.24. The molecule has 1 saturated heterocycles. The first-order valence-electron chi connectivity index (χ1n) is 11.5. The van der Waals surface area contributed by atoms with Gasteiger partial charge in [-0.2, -0.15) is 0 Å². The van der Waals surface area contributed by atoms with Gasteiger partial charge in [-0.15, -0.1) is 11.3 Å². The fraction of sp³-hybridized carbons (Fsp3) is 0.375. The van der Waals surface area contributed by atoms with Gasteiger partial charge in [0.15, 0.2) is 5.13 Å². The zero-order valence-electron chi connectivity index (χ0n) is 20.7. The van der Waals surface area contributed by atoms with Crippen molar-refractivity contribution in [2.24, 2.45) is 0 Å². The van der Waals surface area contributed by atoms with Crippen LogP contribution in [-0.4, -0.2) is 44.0 Å². The Kier molecular flexibility index (Phi) is 7.07. The van der Waals surface area contributed by atoms with Crippen LogP contribution in [0.5, 0.6) is 0 Å². The SMILES string of the molecule is Cc1nc2c(NC(=O)Cc3csc(NC(=O)OC(C)(C)C)n3)cccc2c(=O)n1C1CCC(=O)NC1=O. The predicted octanol–water partition coefficient (Wildman–Crippen LogP) is 2.67. The third-order valence-electron chi connectivity index (χ3n) is 5.40. The van der Waals surface area contributed by atoms with E-state index in [1.807, 2.05) is 0 Å². The molecule has 3 heterocycles. The lowest BCUT2D eigenvalue weighted by Gasteiger charge is -2.24. The summed E-state index contributed by atoms with van der Waals surface area (Å²) >= 11 is 1.16. The van der Waals surface area contributed by atoms with Crippen molar-refractivity contribution in [1.82, 2.24) is 19.9 Å². The van der Waals surface area contributed by atoms with E-state index in [4.69, 9.17) is 4.74 Å². The summed E-state index contributed by atoms with van der Waals surface area (Å²) in [7, 11) is 0. The number of amides is 4. The van der Waals surface area contributed by atoms with Crippen molar-refractivity contribution < 1.29 is 23.9 Å². The Morgan fingerprint density at radius 3 is 2.65 bits per heavy atom. The molecule has 0 spiro atoms. The molecule has 1 fully saturated rings. The second kappa shape index (κ2) is 10.1. The maximum atomic E-state index is 13.3. The van der Waals surface area contributed by atoms with Crippen LogP contribution in [0.2, 0.25) is 0 Å². The van der Waals surface area contributed by atoms with Crippen LogP contribution in [0.3, 0.4) is 0 Å². The molecule has 12 nitrogen and oxygen atoms in total. The molecular weight excluding hydrogens is 500 g/mol. The molecule has 3 aromatic rings. The van der Waals surface area contributed by atoms with E-state index in [2.05, 4.69) is 25.9 Å². The lowest BCUT2D eigenvalue weighted by Crippen LogP contribution is -2.45. The molecular formula is C24H26N6O6S. The minimum absolute atomic E-state index is 0.0742. The molecule has 4 rings (SSSR count). The number of para-hydroxylation sites is 1. The minimum Gasteiger partial charge on any atom is -0.444 e. The van der Waals surface area contributed by atoms with Crippen LogP contribution in [0.25, 0.3) is 10.9 Å². The van der Waals surface area contributed by atoms with Gasteiger partial charge in [-0.1, -0.05) is 6.07 Å². The maximum Gasteiger partial charge on any atom is 0.413 e. The van der Waals surface area contributed by atoms with Gasteiger partial charge >= 0.3 is 6.09 Å². The number of ether oxygens (including phenoxy) is 1. The summed E-state index contributed by atoms with van der Waals surface area (Å²) in [5, 5.41) is 9.73. The Morgan fingerprint density at radius 2 is 1.95 bits per heavy atom. The molecule has 37 heavy (non-hydrogen) atoms. The van der Waals surface area contributed by atoms with Crippen molar-refractivity contribution in [2.45, 2.75) is 58.6 Å². The number of anilines is 2. The number of rotatable bonds is 5. The van der Waals surface area contributed by atoms with Crippen LogP contribution in [0.1, 0.15) is 51.2 Å². The van der Waals surface area contributed by atoms with Crippen molar-refractivity contribution >= 4 is 56.9 Å². The van der Waals surface area contributed by atoms with Crippen molar-refractivity contribution in [3.63, 3.8) is 0 Å². The van der Waals surface area contributed by atoms with Crippen molar-refractivity contribution in [1.29, 1.82) is 0 Å². The zero-order valence-corrected chi connectivity index (χ0v) is 21.5. The average molecular weight is 527 g/mol. The molecule has 3 N–H and O–H groups in total. The number of benzene rings is 1. The molecule has 1 unspecified atom stereocenters. The van der Waals surface area contributed by atoms with Gasteiger partial charge in [-0.3, -0.25) is 34.4 Å². The summed E-state index contributed by atoms with van der Waals surface area (Å²) in [4.78, 5) is 70.5. The number of carbonyl (C=O) groups is 4. The van der Waals surface area contributed by atoms with E-state index in [1.54, 1.807) is 51.3 Å². The number of piperidine rings is 1. The first-order valence-corrected chi connectivity index (χ1v) is 12.4. The normalized spacial score (nSPS) is 15.8. The van der Waals surface area contributed by atoms with E-state index in [0.717, 1.165) is 11.3 Å². The van der Waals surface area contributed by atoms with Crippen LogP contribution in [0, 0.1) is 6.92 Å². The van der Waals surface area contributed by atoms with Gasteiger partial charge in [0.25, 0.3) is 5.56 Å². The van der Waals surface area contributed by atoms with Crippen molar-refractivity contribution in [3.05, 3.63) is 45.5 Å². The van der Waals surface area contributed by atoms with Gasteiger partial charge < -0.3 is 10.1 Å². The number of carbonyl (C=O) groups excluding carboxylic acids is 4. The molecule has 0 bridgehead atoms. The van der Waals surface area contributed by atoms with Gasteiger partial charge in [0.05, 0.1) is 23.2 Å². The van der Waals surface area contributed by atoms with E-state index >= 15 is 0 Å². The zero-order chi connectivity index (χ0) is 26.9. The van der Waals surface area contributed by atoms with Crippen LogP contribution in [0.15, 0.2) is 28.4 Å². The van der Waals surface area contributed by atoms with E-state index < -0.39 is 35.1 Å². The number of fused-ring (bicyclic) bond motifs is 1. The van der Waals surface area contributed by atoms with Crippen LogP contribution < -0.4 is 21.5 Å². The topological polar surface area (TPSA) is 161 Å². The molecule has 1 aromatic carbocycles. The van der Waals surface area contributed by atoms with E-state index in [1.165, 1.54) is 4.57 Å². The first-order chi connectivity index (χ1) is 17.4. The van der Waals surface area contributed by atoms with Gasteiger partial charge in [0, 0.05) is 11.8 Å². The summed E-state index contributed by atoms with van der Waals surface area (Å²) in [5.74, 6) is -1.03. The summed E-state index contributed by atoms with van der Waals surface area (Å²) in [5.41, 5.74) is -0.0310. The van der Waals surface area contributed by atoms with Gasteiger partial charge in [-0.05, 0) is 46.2 Å². The Bertz CT molecular complexity index is 1470. The standard InChI is InChI=1S/C24H26N6O6S/c1-12-25-19-14(21(34)30(12)16-8-9-17(31)28-20(16)33)6-5-7-15(19)27-18(32)10-13-11-37-22(26-13)29-23(35)36-24(2,3)4/h5-7,11,16H,8-10H2,1-4H3,(H,27,32)(H,26,29,35)(H,28,31,33). The lowest BCUT2D eigenvalue weighted by atomic mass is 10.1. The summed E-state index contributed by atoms with van der Waals surface area (Å²) in [6.07, 6.45) is -0.386. The minimum atomic E-state index is -0.839. The summed E-state index contributed by atoms with van der Waals surface area (Å²) < 4.78 is 6.48. The van der Waals surface area contributed by atoms with Crippen molar-refractivity contribution in [3.8, 4) is 0 Å². The average Bonchev–Trinajstić information content (AvgIpc) is 3.20. The lowest BCUT2D eigenvalue weighted by molar-refractivity contribution is -0.135. The molecule has 13 heteroatoms. The van der Waals surface area contributed by atoms with E-state index in [9.17, 15) is 24.0 Å². The molecule has 2 aromatic heterocycles. The number of aryl methyl sites for hydroxylation is 1. The smallest absolute Gasteiger partial charge is 0.413 e. The van der Waals surface area contributed by atoms with E-state index in [0.29, 0.717) is 16.5 Å². The number of nitrogens with zero attached hydrogens (tertiary/aromatic N) is 3. The highest BCUT2D eigenvalue weighted by atomic mass is 32.1. The van der Waals surface area contributed by atoms with Crippen molar-refractivity contribution in [2.75, 3.05) is 10.6 Å². The number of thiazole rings is 1. The van der Waals surface area contributed by atoms with Crippen LogP contribution in [0.4, 0.5) is 15.6 Å². The first kappa shape index (κ1) is 25.9. The number of hydrogen-bond donors (Lipinski definition) is 3. The third-order valence-corrected chi connectivity index (χ3v) is 6.21. The monoisotopic (exact) mass is 526 g/mol. The Hall–Kier alpha value is -4.13. The highest BCUT2D eigenvalue weighted by Gasteiger charge is 2.30. The number of nitrogens with one attached hydrogen (secondary N) is 3. The molecule has 0 aliphatic carbocycles. The Morgan fingerprint density at radius 1 is 1.19 bits per heavy atom. The molecule has 194 valence electrons. The number of imide groups is 1. The molecule has 1 aliphatic rings. The molecule has 0 radical (unpaired) electrons.